The van der Waals surface area contributed by atoms with Gasteiger partial charge in [-0.25, -0.2) is 0 Å². The second-order valence-corrected chi connectivity index (χ2v) is 11.2. The number of aromatic nitrogens is 1. The summed E-state index contributed by atoms with van der Waals surface area (Å²) in [7, 11) is 0. The molecular weight excluding hydrogens is 447 g/mol. The number of hydrogen-bond acceptors (Lipinski definition) is 3. The SMILES string of the molecule is CCCCn1c2ccccc2c2cc(-c3ccc(-c4ccc(-c5cccs5)s4)s3)ccc21. The molecule has 0 amide bonds. The van der Waals surface area contributed by atoms with Gasteiger partial charge in [0.1, 0.15) is 0 Å². The third kappa shape index (κ3) is 3.43. The Labute approximate surface area is 200 Å². The third-order valence-corrected chi connectivity index (χ3v) is 9.49. The normalized spacial score (nSPS) is 11.7. The van der Waals surface area contributed by atoms with Crippen LogP contribution in [0.15, 0.2) is 84.2 Å². The van der Waals surface area contributed by atoms with Gasteiger partial charge in [0.2, 0.25) is 0 Å². The first kappa shape index (κ1) is 20.0. The summed E-state index contributed by atoms with van der Waals surface area (Å²) in [5, 5.41) is 4.87. The smallest absolute Gasteiger partial charge is 0.0491 e. The van der Waals surface area contributed by atoms with Crippen molar-refractivity contribution in [3.8, 4) is 29.9 Å². The lowest BCUT2D eigenvalue weighted by molar-refractivity contribution is 0.665. The summed E-state index contributed by atoms with van der Waals surface area (Å²) in [4.78, 5) is 6.73. The van der Waals surface area contributed by atoms with Crippen LogP contribution in [-0.2, 0) is 6.54 Å². The molecule has 1 nitrogen and oxygen atoms in total. The van der Waals surface area contributed by atoms with Gasteiger partial charge in [0, 0.05) is 52.7 Å². The fraction of sp³-hybridized carbons (Fsp3) is 0.143. The van der Waals surface area contributed by atoms with Gasteiger partial charge in [-0.1, -0.05) is 43.7 Å². The first-order valence-electron chi connectivity index (χ1n) is 11.1. The Bertz CT molecular complexity index is 1510. The van der Waals surface area contributed by atoms with Crippen LogP contribution in [0.4, 0.5) is 0 Å². The molecule has 0 N–H and O–H groups in total. The van der Waals surface area contributed by atoms with Gasteiger partial charge in [0.15, 0.2) is 0 Å². The van der Waals surface area contributed by atoms with Crippen molar-refractivity contribution in [2.24, 2.45) is 0 Å². The number of hydrogen-bond donors (Lipinski definition) is 0. The maximum Gasteiger partial charge on any atom is 0.0491 e. The predicted molar refractivity (Wildman–Crippen MR) is 144 cm³/mol. The highest BCUT2D eigenvalue weighted by Crippen LogP contribution is 2.42. The molecule has 0 aliphatic rings. The summed E-state index contributed by atoms with van der Waals surface area (Å²) in [6.07, 6.45) is 2.42. The molecule has 0 fully saturated rings. The van der Waals surface area contributed by atoms with Gasteiger partial charge in [0.05, 0.1) is 0 Å². The van der Waals surface area contributed by atoms with Crippen LogP contribution in [0.2, 0.25) is 0 Å². The standard InChI is InChI=1S/C28H23NS3/c1-2-3-16-29-22-8-5-4-7-20(22)21-18-19(10-11-23(21)29)24-12-13-27(31-24)28-15-14-26(32-28)25-9-6-17-30-25/h4-15,17-18H,2-3,16H2,1H3. The van der Waals surface area contributed by atoms with Gasteiger partial charge in [0.25, 0.3) is 0 Å². The molecule has 0 bridgehead atoms. The van der Waals surface area contributed by atoms with Crippen molar-refractivity contribution >= 4 is 55.8 Å². The minimum atomic E-state index is 1.08. The van der Waals surface area contributed by atoms with Gasteiger partial charge in [-0.05, 0) is 65.9 Å². The second kappa shape index (κ2) is 8.36. The zero-order valence-corrected chi connectivity index (χ0v) is 20.3. The van der Waals surface area contributed by atoms with Crippen molar-refractivity contribution in [1.29, 1.82) is 0 Å². The van der Waals surface area contributed by atoms with E-state index in [4.69, 9.17) is 0 Å². The molecule has 2 aromatic carbocycles. The van der Waals surface area contributed by atoms with E-state index in [1.54, 1.807) is 0 Å². The molecular formula is C28H23NS3. The Morgan fingerprint density at radius 2 is 1.38 bits per heavy atom. The predicted octanol–water partition coefficient (Wildman–Crippen LogP) is 9.78. The quantitative estimate of drug-likeness (QED) is 0.229. The molecule has 4 heterocycles. The number of fused-ring (bicyclic) bond motifs is 3. The summed E-state index contributed by atoms with van der Waals surface area (Å²) in [5.41, 5.74) is 4.00. The number of para-hydroxylation sites is 1. The molecule has 0 unspecified atom stereocenters. The Kier molecular flexibility index (Phi) is 5.22. The van der Waals surface area contributed by atoms with E-state index in [9.17, 15) is 0 Å². The lowest BCUT2D eigenvalue weighted by atomic mass is 10.1. The molecule has 4 heteroatoms. The Morgan fingerprint density at radius 3 is 2.16 bits per heavy atom. The fourth-order valence-electron chi connectivity index (χ4n) is 4.41. The highest BCUT2D eigenvalue weighted by molar-refractivity contribution is 7.27. The summed E-state index contributed by atoms with van der Waals surface area (Å²) in [6.45, 7) is 3.34. The second-order valence-electron chi connectivity index (χ2n) is 8.06. The summed E-state index contributed by atoms with van der Waals surface area (Å²) in [5.74, 6) is 0. The molecule has 6 aromatic rings. The molecule has 0 radical (unpaired) electrons. The van der Waals surface area contributed by atoms with Crippen LogP contribution < -0.4 is 0 Å². The number of benzene rings is 2. The monoisotopic (exact) mass is 469 g/mol. The summed E-state index contributed by atoms with van der Waals surface area (Å²) >= 11 is 5.58. The molecule has 0 spiro atoms. The van der Waals surface area contributed by atoms with Crippen LogP contribution in [0.5, 0.6) is 0 Å². The van der Waals surface area contributed by atoms with Crippen molar-refractivity contribution < 1.29 is 0 Å². The Hall–Kier alpha value is -2.66. The lowest BCUT2D eigenvalue weighted by Gasteiger charge is -2.06. The van der Waals surface area contributed by atoms with Gasteiger partial charge >= 0.3 is 0 Å². The first-order valence-corrected chi connectivity index (χ1v) is 13.6. The van der Waals surface area contributed by atoms with Crippen molar-refractivity contribution in [2.75, 3.05) is 0 Å². The van der Waals surface area contributed by atoms with Crippen molar-refractivity contribution in [2.45, 2.75) is 26.3 Å². The number of aryl methyl sites for hydroxylation is 1. The van der Waals surface area contributed by atoms with E-state index < -0.39 is 0 Å². The molecule has 0 aliphatic heterocycles. The van der Waals surface area contributed by atoms with E-state index in [1.165, 1.54) is 64.6 Å². The van der Waals surface area contributed by atoms with Crippen LogP contribution >= 0.6 is 34.0 Å². The maximum atomic E-state index is 2.50. The van der Waals surface area contributed by atoms with E-state index in [1.807, 2.05) is 34.0 Å². The van der Waals surface area contributed by atoms with Gasteiger partial charge in [-0.3, -0.25) is 0 Å². The average Bonchev–Trinajstić information content (AvgIpc) is 3.62. The average molecular weight is 470 g/mol. The highest BCUT2D eigenvalue weighted by Gasteiger charge is 2.13. The Morgan fingerprint density at radius 1 is 0.656 bits per heavy atom. The molecule has 4 aromatic heterocycles. The van der Waals surface area contributed by atoms with Crippen LogP contribution in [0.25, 0.3) is 51.8 Å². The maximum absolute atomic E-state index is 2.50. The van der Waals surface area contributed by atoms with Crippen LogP contribution in [-0.4, -0.2) is 4.57 Å². The number of thiophene rings is 3. The van der Waals surface area contributed by atoms with E-state index in [-0.39, 0.29) is 0 Å². The van der Waals surface area contributed by atoms with Crippen LogP contribution in [0.1, 0.15) is 19.8 Å². The van der Waals surface area contributed by atoms with E-state index in [0.717, 1.165) is 6.54 Å². The fourth-order valence-corrected chi connectivity index (χ4v) is 7.34. The van der Waals surface area contributed by atoms with E-state index >= 15 is 0 Å². The van der Waals surface area contributed by atoms with Crippen molar-refractivity contribution in [1.82, 2.24) is 4.57 Å². The molecule has 158 valence electrons. The van der Waals surface area contributed by atoms with Gasteiger partial charge < -0.3 is 4.57 Å². The molecule has 0 atom stereocenters. The largest absolute Gasteiger partial charge is 0.340 e. The lowest BCUT2D eigenvalue weighted by Crippen LogP contribution is -1.96. The highest BCUT2D eigenvalue weighted by atomic mass is 32.1. The zero-order valence-electron chi connectivity index (χ0n) is 17.9. The van der Waals surface area contributed by atoms with E-state index in [0.29, 0.717) is 0 Å². The van der Waals surface area contributed by atoms with Crippen LogP contribution in [0.3, 0.4) is 0 Å². The molecule has 6 rings (SSSR count). The minimum Gasteiger partial charge on any atom is -0.340 e. The summed E-state index contributed by atoms with van der Waals surface area (Å²) in [6, 6.07) is 29.2. The number of unbranched alkanes of at least 4 members (excludes halogenated alkanes) is 1. The zero-order chi connectivity index (χ0) is 21.5. The third-order valence-electron chi connectivity index (χ3n) is 6.01. The summed E-state index contributed by atoms with van der Waals surface area (Å²) < 4.78 is 2.50. The first-order chi connectivity index (χ1) is 15.8. The van der Waals surface area contributed by atoms with Crippen molar-refractivity contribution in [3.63, 3.8) is 0 Å². The van der Waals surface area contributed by atoms with Gasteiger partial charge in [-0.15, -0.1) is 34.0 Å². The Balaban J connectivity index is 1.39. The molecule has 0 saturated carbocycles. The molecule has 0 saturated heterocycles. The number of rotatable bonds is 6. The topological polar surface area (TPSA) is 4.93 Å². The molecule has 32 heavy (non-hydrogen) atoms. The minimum absolute atomic E-state index is 1.08. The van der Waals surface area contributed by atoms with Crippen molar-refractivity contribution in [3.05, 3.63) is 84.2 Å². The van der Waals surface area contributed by atoms with E-state index in [2.05, 4.69) is 95.7 Å². The number of nitrogens with zero attached hydrogens (tertiary/aromatic N) is 1. The molecule has 0 aliphatic carbocycles. The van der Waals surface area contributed by atoms with Crippen LogP contribution in [0, 0.1) is 0 Å². The van der Waals surface area contributed by atoms with Gasteiger partial charge in [-0.2, -0.15) is 0 Å².